The van der Waals surface area contributed by atoms with Gasteiger partial charge in [-0.15, -0.1) is 6.58 Å². The van der Waals surface area contributed by atoms with Crippen molar-refractivity contribution in [2.75, 3.05) is 21.3 Å². The summed E-state index contributed by atoms with van der Waals surface area (Å²) in [6.07, 6.45) is 6.21. The first kappa shape index (κ1) is 33.9. The van der Waals surface area contributed by atoms with Gasteiger partial charge in [-0.2, -0.15) is 0 Å². The first-order valence-electron chi connectivity index (χ1n) is 12.5. The van der Waals surface area contributed by atoms with Gasteiger partial charge in [0.05, 0.1) is 14.2 Å². The van der Waals surface area contributed by atoms with Gasteiger partial charge in [0.15, 0.2) is 0 Å². The maximum absolute atomic E-state index is 11.8. The molecule has 0 bridgehead atoms. The number of methoxy groups -OCH3 is 2. The van der Waals surface area contributed by atoms with E-state index in [9.17, 15) is 14.4 Å². The van der Waals surface area contributed by atoms with E-state index in [0.29, 0.717) is 11.8 Å². The van der Waals surface area contributed by atoms with E-state index in [-0.39, 0.29) is 29.7 Å². The van der Waals surface area contributed by atoms with Crippen LogP contribution < -0.4 is 10.6 Å². The standard InChI is InChI=1S/C18H23NO4.C11H23NO2/c1-5-18(2,3)12-11-15(16(20)22-4)19-17(21)23-13-14-9-7-6-8-10-14;1-6-11(2,3)8-7-9(12-4)10(13)14-5/h5-11H,1,12-13H2,2-4H3,(H,19,21);9,12H,6-8H2,1-5H3/b15-11-;/t;9-/m.0/s1. The first-order chi connectivity index (χ1) is 17.3. The quantitative estimate of drug-likeness (QED) is 0.153. The van der Waals surface area contributed by atoms with Gasteiger partial charge in [-0.05, 0) is 42.7 Å². The molecule has 1 aromatic rings. The summed E-state index contributed by atoms with van der Waals surface area (Å²) in [4.78, 5) is 34.8. The Morgan fingerprint density at radius 1 is 1.05 bits per heavy atom. The number of hydrogen-bond acceptors (Lipinski definition) is 7. The molecule has 0 aliphatic rings. The van der Waals surface area contributed by atoms with Gasteiger partial charge in [0, 0.05) is 0 Å². The highest BCUT2D eigenvalue weighted by Crippen LogP contribution is 2.27. The van der Waals surface area contributed by atoms with E-state index in [1.165, 1.54) is 14.2 Å². The number of rotatable bonds is 13. The maximum Gasteiger partial charge on any atom is 0.412 e. The molecule has 1 atom stereocenters. The number of carbonyl (C=O) groups is 3. The van der Waals surface area contributed by atoms with Crippen molar-refractivity contribution < 1.29 is 28.6 Å². The molecule has 2 N–H and O–H groups in total. The fraction of sp³-hybridized carbons (Fsp3) is 0.552. The summed E-state index contributed by atoms with van der Waals surface area (Å²) < 4.78 is 14.5. The highest BCUT2D eigenvalue weighted by Gasteiger charge is 2.22. The third-order valence-electron chi connectivity index (χ3n) is 6.14. The van der Waals surface area contributed by atoms with Crippen molar-refractivity contribution in [3.8, 4) is 0 Å². The predicted octanol–water partition coefficient (Wildman–Crippen LogP) is 5.54. The van der Waals surface area contributed by atoms with Crippen LogP contribution in [0.2, 0.25) is 0 Å². The third kappa shape index (κ3) is 14.9. The lowest BCUT2D eigenvalue weighted by atomic mass is 9.84. The van der Waals surface area contributed by atoms with Crippen LogP contribution >= 0.6 is 0 Å². The van der Waals surface area contributed by atoms with Crippen molar-refractivity contribution >= 4 is 18.0 Å². The van der Waals surface area contributed by atoms with Crippen LogP contribution in [0.1, 0.15) is 65.9 Å². The Bertz CT molecular complexity index is 878. The molecule has 0 heterocycles. The lowest BCUT2D eigenvalue weighted by Crippen LogP contribution is -2.35. The Hall–Kier alpha value is -3.13. The second kappa shape index (κ2) is 17.3. The number of nitrogens with one attached hydrogen (secondary N) is 2. The van der Waals surface area contributed by atoms with Gasteiger partial charge in [-0.3, -0.25) is 10.1 Å². The normalized spacial score (nSPS) is 12.4. The second-order valence-electron chi connectivity index (χ2n) is 10.1. The molecule has 0 aliphatic heterocycles. The average Bonchev–Trinajstić information content (AvgIpc) is 2.90. The minimum atomic E-state index is -0.707. The molecule has 0 aliphatic carbocycles. The van der Waals surface area contributed by atoms with Crippen molar-refractivity contribution in [3.05, 3.63) is 60.3 Å². The van der Waals surface area contributed by atoms with E-state index in [1.807, 2.05) is 44.2 Å². The number of ether oxygens (including phenoxy) is 3. The number of esters is 2. The molecule has 1 rings (SSSR count). The Labute approximate surface area is 222 Å². The van der Waals surface area contributed by atoms with Crippen molar-refractivity contribution in [2.24, 2.45) is 10.8 Å². The fourth-order valence-electron chi connectivity index (χ4n) is 2.85. The molecule has 1 amide bonds. The molecule has 0 spiro atoms. The van der Waals surface area contributed by atoms with Crippen LogP contribution in [-0.4, -0.2) is 45.3 Å². The molecule has 0 saturated heterocycles. The minimum absolute atomic E-state index is 0.0560. The highest BCUT2D eigenvalue weighted by atomic mass is 16.6. The summed E-state index contributed by atoms with van der Waals surface area (Å²) >= 11 is 0. The maximum atomic E-state index is 11.8. The minimum Gasteiger partial charge on any atom is -0.468 e. The van der Waals surface area contributed by atoms with Gasteiger partial charge in [0.2, 0.25) is 0 Å². The molecule has 8 heteroatoms. The molecular weight excluding hydrogens is 472 g/mol. The Balaban J connectivity index is 0.000000795. The smallest absolute Gasteiger partial charge is 0.412 e. The molecule has 37 heavy (non-hydrogen) atoms. The van der Waals surface area contributed by atoms with E-state index in [4.69, 9.17) is 9.47 Å². The van der Waals surface area contributed by atoms with E-state index in [2.05, 4.69) is 42.7 Å². The van der Waals surface area contributed by atoms with Gasteiger partial charge in [0.1, 0.15) is 18.3 Å². The number of hydrogen-bond donors (Lipinski definition) is 2. The summed E-state index contributed by atoms with van der Waals surface area (Å²) in [5.41, 5.74) is 1.03. The lowest BCUT2D eigenvalue weighted by molar-refractivity contribution is -0.143. The van der Waals surface area contributed by atoms with E-state index in [0.717, 1.165) is 24.8 Å². The van der Waals surface area contributed by atoms with E-state index in [1.54, 1.807) is 19.2 Å². The van der Waals surface area contributed by atoms with Crippen molar-refractivity contribution in [2.45, 2.75) is 73.0 Å². The largest absolute Gasteiger partial charge is 0.468 e. The van der Waals surface area contributed by atoms with Crippen LogP contribution in [0.3, 0.4) is 0 Å². The van der Waals surface area contributed by atoms with E-state index < -0.39 is 12.1 Å². The third-order valence-corrected chi connectivity index (χ3v) is 6.14. The molecule has 0 aromatic heterocycles. The predicted molar refractivity (Wildman–Crippen MR) is 147 cm³/mol. The lowest BCUT2D eigenvalue weighted by Gasteiger charge is -2.24. The first-order valence-corrected chi connectivity index (χ1v) is 12.5. The van der Waals surface area contributed by atoms with Crippen molar-refractivity contribution in [1.82, 2.24) is 10.6 Å². The van der Waals surface area contributed by atoms with Gasteiger partial charge in [0.25, 0.3) is 0 Å². The number of benzene rings is 1. The second-order valence-corrected chi connectivity index (χ2v) is 10.1. The number of carbonyl (C=O) groups excluding carboxylic acids is 3. The van der Waals surface area contributed by atoms with E-state index >= 15 is 0 Å². The number of alkyl carbamates (subject to hydrolysis) is 1. The summed E-state index contributed by atoms with van der Waals surface area (Å²) in [5.74, 6) is -0.791. The summed E-state index contributed by atoms with van der Waals surface area (Å²) in [6, 6.07) is 9.11. The number of allylic oxidation sites excluding steroid dienone is 2. The summed E-state index contributed by atoms with van der Waals surface area (Å²) in [7, 11) is 4.48. The highest BCUT2D eigenvalue weighted by molar-refractivity contribution is 5.92. The van der Waals surface area contributed by atoms with Gasteiger partial charge in [-0.25, -0.2) is 9.59 Å². The van der Waals surface area contributed by atoms with Gasteiger partial charge in [-0.1, -0.05) is 83.5 Å². The van der Waals surface area contributed by atoms with Crippen LogP contribution in [0.5, 0.6) is 0 Å². The molecular formula is C29H46N2O6. The van der Waals surface area contributed by atoms with Crippen LogP contribution in [0.4, 0.5) is 4.79 Å². The van der Waals surface area contributed by atoms with Crippen LogP contribution in [0, 0.1) is 10.8 Å². The molecule has 8 nitrogen and oxygen atoms in total. The summed E-state index contributed by atoms with van der Waals surface area (Å²) in [5, 5.41) is 5.40. The number of likely N-dealkylation sites (N-methyl/N-ethyl adjacent to an activating group) is 1. The Kier molecular flexibility index (Phi) is 15.9. The molecule has 0 saturated carbocycles. The molecule has 208 valence electrons. The zero-order chi connectivity index (χ0) is 28.5. The molecule has 1 aromatic carbocycles. The average molecular weight is 519 g/mol. The molecule has 0 unspecified atom stereocenters. The Morgan fingerprint density at radius 3 is 2.16 bits per heavy atom. The number of amides is 1. The summed E-state index contributed by atoms with van der Waals surface area (Å²) in [6.45, 7) is 14.4. The van der Waals surface area contributed by atoms with Crippen LogP contribution in [0.25, 0.3) is 0 Å². The fourth-order valence-corrected chi connectivity index (χ4v) is 2.85. The topological polar surface area (TPSA) is 103 Å². The molecule has 0 fully saturated rings. The monoisotopic (exact) mass is 518 g/mol. The van der Waals surface area contributed by atoms with Gasteiger partial charge >= 0.3 is 18.0 Å². The van der Waals surface area contributed by atoms with Gasteiger partial charge < -0.3 is 19.5 Å². The van der Waals surface area contributed by atoms with Crippen molar-refractivity contribution in [3.63, 3.8) is 0 Å². The zero-order valence-electron chi connectivity index (χ0n) is 23.8. The SMILES string of the molecule is C=CC(C)(C)C/C=C(\NC(=O)OCc1ccccc1)C(=O)OC.CCC(C)(C)CC[C@H](NC)C(=O)OC. The van der Waals surface area contributed by atoms with Crippen LogP contribution in [-0.2, 0) is 30.4 Å². The zero-order valence-corrected chi connectivity index (χ0v) is 23.8. The Morgan fingerprint density at radius 2 is 1.68 bits per heavy atom. The van der Waals surface area contributed by atoms with Crippen LogP contribution in [0.15, 0.2) is 54.8 Å². The molecule has 0 radical (unpaired) electrons. The van der Waals surface area contributed by atoms with Crippen molar-refractivity contribution in [1.29, 1.82) is 0 Å².